The first-order valence-electron chi connectivity index (χ1n) is 10.5. The molecule has 0 N–H and O–H groups in total. The Morgan fingerprint density at radius 2 is 1.90 bits per heavy atom. The van der Waals surface area contributed by atoms with Crippen molar-refractivity contribution in [2.24, 2.45) is 5.92 Å². The Morgan fingerprint density at radius 3 is 2.71 bits per heavy atom. The lowest BCUT2D eigenvalue weighted by Crippen LogP contribution is -2.48. The van der Waals surface area contributed by atoms with E-state index in [-0.39, 0.29) is 5.91 Å². The number of fused-ring (bicyclic) bond motifs is 1. The average molecular weight is 434 g/mol. The molecule has 0 radical (unpaired) electrons. The van der Waals surface area contributed by atoms with Gasteiger partial charge in [-0.1, -0.05) is 11.6 Å². The number of pyridine rings is 3. The molecule has 0 bridgehead atoms. The van der Waals surface area contributed by atoms with Crippen LogP contribution in [0.3, 0.4) is 0 Å². The predicted molar refractivity (Wildman–Crippen MR) is 121 cm³/mol. The number of amides is 1. The van der Waals surface area contributed by atoms with E-state index in [2.05, 4.69) is 38.9 Å². The average Bonchev–Trinajstić information content (AvgIpc) is 3.15. The van der Waals surface area contributed by atoms with Crippen LogP contribution in [0.5, 0.6) is 0 Å². The smallest absolute Gasteiger partial charge is 0.223 e. The van der Waals surface area contributed by atoms with E-state index in [0.29, 0.717) is 30.6 Å². The Balaban J connectivity index is 1.19. The molecule has 0 aromatic carbocycles. The first kappa shape index (κ1) is 19.9. The number of aromatic nitrogens is 3. The molecule has 5 rings (SSSR count). The maximum absolute atomic E-state index is 12.9. The summed E-state index contributed by atoms with van der Waals surface area (Å²) in [5, 5.41) is 0.455. The van der Waals surface area contributed by atoms with Gasteiger partial charge >= 0.3 is 0 Å². The van der Waals surface area contributed by atoms with E-state index in [1.165, 1.54) is 11.1 Å². The van der Waals surface area contributed by atoms with Gasteiger partial charge in [0.2, 0.25) is 5.91 Å². The molecule has 3 aromatic rings. The molecule has 0 aliphatic carbocycles. The lowest BCUT2D eigenvalue weighted by atomic mass is 9.94. The Bertz CT molecular complexity index is 1160. The molecule has 7 heteroatoms. The third-order valence-corrected chi connectivity index (χ3v) is 6.36. The molecular formula is C24H24ClN5O. The summed E-state index contributed by atoms with van der Waals surface area (Å²) in [5.74, 6) is 0.598. The van der Waals surface area contributed by atoms with Crippen LogP contribution in [0.4, 0.5) is 5.69 Å². The normalized spacial score (nSPS) is 15.7. The quantitative estimate of drug-likeness (QED) is 0.577. The minimum Gasteiger partial charge on any atom is -0.371 e. The van der Waals surface area contributed by atoms with E-state index in [1.807, 2.05) is 36.2 Å². The third kappa shape index (κ3) is 4.00. The molecule has 158 valence electrons. The van der Waals surface area contributed by atoms with Crippen molar-refractivity contribution < 1.29 is 4.79 Å². The van der Waals surface area contributed by atoms with Gasteiger partial charge in [-0.2, -0.15) is 0 Å². The first-order chi connectivity index (χ1) is 15.0. The van der Waals surface area contributed by atoms with E-state index >= 15 is 0 Å². The molecular weight excluding hydrogens is 410 g/mol. The molecule has 0 saturated carbocycles. The Morgan fingerprint density at radius 1 is 1.10 bits per heavy atom. The molecule has 1 amide bonds. The highest BCUT2D eigenvalue weighted by atomic mass is 35.5. The topological polar surface area (TPSA) is 62.2 Å². The summed E-state index contributed by atoms with van der Waals surface area (Å²) in [6.45, 7) is 7.19. The molecule has 0 spiro atoms. The van der Waals surface area contributed by atoms with Gasteiger partial charge in [0.05, 0.1) is 17.9 Å². The highest BCUT2D eigenvalue weighted by molar-refractivity contribution is 6.29. The number of anilines is 1. The minimum absolute atomic E-state index is 0.224. The summed E-state index contributed by atoms with van der Waals surface area (Å²) in [7, 11) is 0. The Hall–Kier alpha value is -2.99. The van der Waals surface area contributed by atoms with Crippen LogP contribution in [0, 0.1) is 19.8 Å². The van der Waals surface area contributed by atoms with Gasteiger partial charge in [0.25, 0.3) is 0 Å². The Kier molecular flexibility index (Phi) is 5.10. The van der Waals surface area contributed by atoms with E-state index in [9.17, 15) is 4.79 Å². The second kappa shape index (κ2) is 7.93. The van der Waals surface area contributed by atoms with Crippen molar-refractivity contribution in [1.29, 1.82) is 0 Å². The SMILES string of the molecule is Cc1cc(C)c2c(n1)CN(C(=O)CC1CN(c3ccnc(-c4ccnc(Cl)c4)c3)C1)C2. The van der Waals surface area contributed by atoms with Gasteiger partial charge in [-0.25, -0.2) is 4.98 Å². The summed E-state index contributed by atoms with van der Waals surface area (Å²) in [5.41, 5.74) is 7.46. The van der Waals surface area contributed by atoms with Gasteiger partial charge in [0.15, 0.2) is 0 Å². The second-order valence-corrected chi connectivity index (χ2v) is 8.88. The van der Waals surface area contributed by atoms with Gasteiger partial charge in [0, 0.05) is 61.3 Å². The summed E-state index contributed by atoms with van der Waals surface area (Å²) in [6.07, 6.45) is 4.09. The van der Waals surface area contributed by atoms with E-state index in [4.69, 9.17) is 11.6 Å². The zero-order chi connectivity index (χ0) is 21.5. The number of carbonyl (C=O) groups is 1. The summed E-state index contributed by atoms with van der Waals surface area (Å²) < 4.78 is 0. The zero-order valence-electron chi connectivity index (χ0n) is 17.7. The monoisotopic (exact) mass is 433 g/mol. The van der Waals surface area contributed by atoms with Gasteiger partial charge in [-0.05, 0) is 55.3 Å². The molecule has 5 heterocycles. The fourth-order valence-corrected chi connectivity index (χ4v) is 4.69. The number of rotatable bonds is 4. The van der Waals surface area contributed by atoms with Crippen LogP contribution in [0.2, 0.25) is 5.15 Å². The molecule has 0 unspecified atom stereocenters. The van der Waals surface area contributed by atoms with Crippen LogP contribution >= 0.6 is 11.6 Å². The van der Waals surface area contributed by atoms with Crippen LogP contribution in [0.1, 0.15) is 28.9 Å². The fourth-order valence-electron chi connectivity index (χ4n) is 4.51. The second-order valence-electron chi connectivity index (χ2n) is 8.50. The van der Waals surface area contributed by atoms with Crippen LogP contribution in [0.15, 0.2) is 42.7 Å². The molecule has 2 aliphatic rings. The highest BCUT2D eigenvalue weighted by Gasteiger charge is 2.33. The molecule has 1 fully saturated rings. The van der Waals surface area contributed by atoms with Crippen molar-refractivity contribution in [2.75, 3.05) is 18.0 Å². The van der Waals surface area contributed by atoms with Crippen LogP contribution < -0.4 is 4.90 Å². The van der Waals surface area contributed by atoms with Crippen molar-refractivity contribution in [3.8, 4) is 11.3 Å². The van der Waals surface area contributed by atoms with Crippen molar-refractivity contribution in [3.63, 3.8) is 0 Å². The van der Waals surface area contributed by atoms with Crippen LogP contribution in [-0.4, -0.2) is 38.8 Å². The maximum Gasteiger partial charge on any atom is 0.223 e. The number of carbonyl (C=O) groups excluding carboxylic acids is 1. The molecule has 1 saturated heterocycles. The van der Waals surface area contributed by atoms with Crippen molar-refractivity contribution in [2.45, 2.75) is 33.4 Å². The lowest BCUT2D eigenvalue weighted by molar-refractivity contribution is -0.133. The molecule has 0 atom stereocenters. The first-order valence-corrected chi connectivity index (χ1v) is 10.9. The summed E-state index contributed by atoms with van der Waals surface area (Å²) in [4.78, 5) is 30.2. The minimum atomic E-state index is 0.224. The molecule has 6 nitrogen and oxygen atoms in total. The summed E-state index contributed by atoms with van der Waals surface area (Å²) in [6, 6.07) is 9.90. The van der Waals surface area contributed by atoms with Crippen molar-refractivity contribution >= 4 is 23.2 Å². The van der Waals surface area contributed by atoms with E-state index in [0.717, 1.165) is 41.4 Å². The standard InChI is InChI=1S/C24H24ClN5O/c1-15-7-16(2)28-22-14-30(13-20(15)22)24(31)8-17-11-29(12-17)19-4-6-26-21(10-19)18-3-5-27-23(25)9-18/h3-7,9-10,17H,8,11-14H2,1-2H3. The third-order valence-electron chi connectivity index (χ3n) is 6.15. The maximum atomic E-state index is 12.9. The number of hydrogen-bond acceptors (Lipinski definition) is 5. The van der Waals surface area contributed by atoms with Gasteiger partial charge in [0.1, 0.15) is 5.15 Å². The number of nitrogens with zero attached hydrogens (tertiary/aromatic N) is 5. The van der Waals surface area contributed by atoms with Crippen molar-refractivity contribution in [1.82, 2.24) is 19.9 Å². The van der Waals surface area contributed by atoms with E-state index in [1.54, 1.807) is 6.20 Å². The fraction of sp³-hybridized carbons (Fsp3) is 0.333. The number of aryl methyl sites for hydroxylation is 2. The van der Waals surface area contributed by atoms with E-state index < -0.39 is 0 Å². The van der Waals surface area contributed by atoms with Gasteiger partial charge in [-0.3, -0.25) is 14.8 Å². The van der Waals surface area contributed by atoms with Gasteiger partial charge in [-0.15, -0.1) is 0 Å². The lowest BCUT2D eigenvalue weighted by Gasteiger charge is -2.41. The number of halogens is 1. The Labute approximate surface area is 186 Å². The molecule has 2 aliphatic heterocycles. The highest BCUT2D eigenvalue weighted by Crippen LogP contribution is 2.31. The van der Waals surface area contributed by atoms with Gasteiger partial charge < -0.3 is 9.80 Å². The molecule has 31 heavy (non-hydrogen) atoms. The van der Waals surface area contributed by atoms with Crippen molar-refractivity contribution in [3.05, 3.63) is 70.4 Å². The summed E-state index contributed by atoms with van der Waals surface area (Å²) >= 11 is 6.01. The predicted octanol–water partition coefficient (Wildman–Crippen LogP) is 4.18. The number of hydrogen-bond donors (Lipinski definition) is 0. The zero-order valence-corrected chi connectivity index (χ0v) is 18.4. The molecule has 3 aromatic heterocycles. The van der Waals surface area contributed by atoms with Crippen LogP contribution in [-0.2, 0) is 17.9 Å². The van der Waals surface area contributed by atoms with Crippen LogP contribution in [0.25, 0.3) is 11.3 Å². The largest absolute Gasteiger partial charge is 0.371 e.